The first-order valence-corrected chi connectivity index (χ1v) is 7.44. The molecule has 1 rings (SSSR count). The lowest BCUT2D eigenvalue weighted by atomic mass is 9.90. The van der Waals surface area contributed by atoms with Crippen LogP contribution in [0, 0.1) is 17.2 Å². The largest absolute Gasteiger partial charge is 0.229 e. The van der Waals surface area contributed by atoms with Crippen molar-refractivity contribution >= 4 is 9.84 Å². The van der Waals surface area contributed by atoms with Crippen molar-refractivity contribution < 1.29 is 8.42 Å². The van der Waals surface area contributed by atoms with Gasteiger partial charge in [0.15, 0.2) is 9.84 Å². The molecule has 15 heavy (non-hydrogen) atoms. The number of sulfone groups is 1. The average molecular weight is 229 g/mol. The summed E-state index contributed by atoms with van der Waals surface area (Å²) >= 11 is 0. The van der Waals surface area contributed by atoms with E-state index in [1.54, 1.807) is 0 Å². The summed E-state index contributed by atoms with van der Waals surface area (Å²) in [7, 11) is -3.03. The van der Waals surface area contributed by atoms with Gasteiger partial charge in [-0.25, -0.2) is 8.42 Å². The lowest BCUT2D eigenvalue weighted by Crippen LogP contribution is -2.33. The Morgan fingerprint density at radius 2 is 2.00 bits per heavy atom. The van der Waals surface area contributed by atoms with Crippen LogP contribution in [0.4, 0.5) is 0 Å². The summed E-state index contributed by atoms with van der Waals surface area (Å²) in [4.78, 5) is 0. The molecule has 4 heteroatoms. The van der Waals surface area contributed by atoms with Gasteiger partial charge in [-0.05, 0) is 19.3 Å². The first kappa shape index (κ1) is 12.5. The van der Waals surface area contributed by atoms with Crippen LogP contribution < -0.4 is 0 Å². The SMILES string of the molecule is CCCCS(=O)(=O)C1CCCCC1C#N. The van der Waals surface area contributed by atoms with Gasteiger partial charge in [0, 0.05) is 0 Å². The molecule has 0 heterocycles. The highest BCUT2D eigenvalue weighted by atomic mass is 32.2. The van der Waals surface area contributed by atoms with Crippen LogP contribution in [0.1, 0.15) is 45.4 Å². The molecule has 0 spiro atoms. The maximum Gasteiger partial charge on any atom is 0.154 e. The van der Waals surface area contributed by atoms with E-state index in [0.717, 1.165) is 32.1 Å². The Hall–Kier alpha value is -0.560. The predicted molar refractivity (Wildman–Crippen MR) is 60.1 cm³/mol. The highest BCUT2D eigenvalue weighted by molar-refractivity contribution is 7.92. The van der Waals surface area contributed by atoms with Crippen LogP contribution in [-0.4, -0.2) is 19.4 Å². The molecule has 0 aliphatic heterocycles. The summed E-state index contributed by atoms with van der Waals surface area (Å²) in [6.07, 6.45) is 5.00. The second-order valence-electron chi connectivity index (χ2n) is 4.28. The molecule has 0 bridgehead atoms. The van der Waals surface area contributed by atoms with E-state index in [4.69, 9.17) is 5.26 Å². The molecule has 86 valence electrons. The zero-order valence-electron chi connectivity index (χ0n) is 9.28. The van der Waals surface area contributed by atoms with Crippen molar-refractivity contribution in [2.24, 2.45) is 5.92 Å². The minimum absolute atomic E-state index is 0.256. The standard InChI is InChI=1S/C11H19NO2S/c1-2-3-8-15(13,14)11-7-5-4-6-10(11)9-12/h10-11H,2-8H2,1H3. The van der Waals surface area contributed by atoms with E-state index in [9.17, 15) is 8.42 Å². The Morgan fingerprint density at radius 1 is 1.33 bits per heavy atom. The van der Waals surface area contributed by atoms with Gasteiger partial charge in [-0.2, -0.15) is 5.26 Å². The zero-order valence-corrected chi connectivity index (χ0v) is 10.1. The Morgan fingerprint density at radius 3 is 2.60 bits per heavy atom. The molecule has 0 saturated heterocycles. The van der Waals surface area contributed by atoms with Gasteiger partial charge in [-0.1, -0.05) is 26.2 Å². The third-order valence-corrected chi connectivity index (χ3v) is 5.46. The van der Waals surface area contributed by atoms with Gasteiger partial charge in [0.1, 0.15) is 0 Å². The number of hydrogen-bond donors (Lipinski definition) is 0. The number of unbranched alkanes of at least 4 members (excludes halogenated alkanes) is 1. The van der Waals surface area contributed by atoms with Gasteiger partial charge in [-0.15, -0.1) is 0 Å². The first-order valence-electron chi connectivity index (χ1n) is 5.73. The monoisotopic (exact) mass is 229 g/mol. The third kappa shape index (κ3) is 3.20. The van der Waals surface area contributed by atoms with E-state index in [-0.39, 0.29) is 16.9 Å². The number of rotatable bonds is 4. The van der Waals surface area contributed by atoms with Gasteiger partial charge in [0.2, 0.25) is 0 Å². The van der Waals surface area contributed by atoms with Crippen LogP contribution in [0.5, 0.6) is 0 Å². The maximum atomic E-state index is 12.0. The topological polar surface area (TPSA) is 57.9 Å². The number of nitriles is 1. The smallest absolute Gasteiger partial charge is 0.154 e. The first-order chi connectivity index (χ1) is 7.11. The van der Waals surface area contributed by atoms with E-state index < -0.39 is 9.84 Å². The van der Waals surface area contributed by atoms with Crippen molar-refractivity contribution in [3.05, 3.63) is 0 Å². The molecule has 0 aromatic heterocycles. The third-order valence-electron chi connectivity index (χ3n) is 3.11. The second kappa shape index (κ2) is 5.50. The molecule has 0 N–H and O–H groups in total. The van der Waals surface area contributed by atoms with Gasteiger partial charge in [0.25, 0.3) is 0 Å². The van der Waals surface area contributed by atoms with Crippen molar-refractivity contribution in [1.82, 2.24) is 0 Å². The fourth-order valence-electron chi connectivity index (χ4n) is 2.17. The lowest BCUT2D eigenvalue weighted by molar-refractivity contribution is 0.418. The van der Waals surface area contributed by atoms with Gasteiger partial charge in [-0.3, -0.25) is 0 Å². The summed E-state index contributed by atoms with van der Waals surface area (Å²) in [6.45, 7) is 1.98. The molecular weight excluding hydrogens is 210 g/mol. The zero-order chi connectivity index (χ0) is 11.3. The fraction of sp³-hybridized carbons (Fsp3) is 0.909. The normalized spacial score (nSPS) is 27.2. The Labute approximate surface area is 92.4 Å². The molecule has 0 aromatic rings. The van der Waals surface area contributed by atoms with Crippen LogP contribution in [0.3, 0.4) is 0 Å². The Balaban J connectivity index is 2.71. The lowest BCUT2D eigenvalue weighted by Gasteiger charge is -2.26. The van der Waals surface area contributed by atoms with Crippen molar-refractivity contribution in [1.29, 1.82) is 5.26 Å². The molecule has 1 aliphatic rings. The molecule has 2 atom stereocenters. The molecule has 3 nitrogen and oxygen atoms in total. The minimum Gasteiger partial charge on any atom is -0.229 e. The van der Waals surface area contributed by atoms with Crippen molar-refractivity contribution in [2.45, 2.75) is 50.7 Å². The van der Waals surface area contributed by atoms with Crippen molar-refractivity contribution in [2.75, 3.05) is 5.75 Å². The van der Waals surface area contributed by atoms with Crippen LogP contribution >= 0.6 is 0 Å². The summed E-state index contributed by atoms with van der Waals surface area (Å²) in [6, 6.07) is 2.16. The van der Waals surface area contributed by atoms with Crippen LogP contribution in [0.15, 0.2) is 0 Å². The maximum absolute atomic E-state index is 12.0. The number of nitrogens with zero attached hydrogens (tertiary/aromatic N) is 1. The Bertz CT molecular complexity index is 329. The van der Waals surface area contributed by atoms with Crippen LogP contribution in [0.25, 0.3) is 0 Å². The fourth-order valence-corrected chi connectivity index (χ4v) is 4.39. The summed E-state index contributed by atoms with van der Waals surface area (Å²) in [5, 5.41) is 8.55. The highest BCUT2D eigenvalue weighted by Gasteiger charge is 2.34. The number of hydrogen-bond acceptors (Lipinski definition) is 3. The molecule has 0 aromatic carbocycles. The van der Waals surface area contributed by atoms with Crippen molar-refractivity contribution in [3.8, 4) is 6.07 Å². The molecule has 0 amide bonds. The molecule has 2 unspecified atom stereocenters. The van der Waals surface area contributed by atoms with Crippen molar-refractivity contribution in [3.63, 3.8) is 0 Å². The molecule has 0 radical (unpaired) electrons. The highest BCUT2D eigenvalue weighted by Crippen LogP contribution is 2.29. The summed E-state index contributed by atoms with van der Waals surface area (Å²) < 4.78 is 23.9. The van der Waals surface area contributed by atoms with E-state index in [0.29, 0.717) is 6.42 Å². The second-order valence-corrected chi connectivity index (χ2v) is 6.62. The average Bonchev–Trinajstić information content (AvgIpc) is 2.26. The quantitative estimate of drug-likeness (QED) is 0.743. The predicted octanol–water partition coefficient (Wildman–Crippen LogP) is 2.28. The van der Waals surface area contributed by atoms with Gasteiger partial charge in [0.05, 0.1) is 23.0 Å². The van der Waals surface area contributed by atoms with Crippen LogP contribution in [0.2, 0.25) is 0 Å². The molecular formula is C11H19NO2S. The molecule has 1 aliphatic carbocycles. The Kier molecular flexibility index (Phi) is 4.59. The summed E-state index contributed by atoms with van der Waals surface area (Å²) in [5.74, 6) is -0.00703. The molecule has 1 saturated carbocycles. The van der Waals surface area contributed by atoms with E-state index in [1.807, 2.05) is 6.92 Å². The van der Waals surface area contributed by atoms with Crippen LogP contribution in [-0.2, 0) is 9.84 Å². The van der Waals surface area contributed by atoms with E-state index in [1.165, 1.54) is 0 Å². The van der Waals surface area contributed by atoms with E-state index in [2.05, 4.69) is 6.07 Å². The summed E-state index contributed by atoms with van der Waals surface area (Å²) in [5.41, 5.74) is 0. The van der Waals surface area contributed by atoms with Gasteiger partial charge < -0.3 is 0 Å². The minimum atomic E-state index is -3.03. The molecule has 1 fully saturated rings. The van der Waals surface area contributed by atoms with E-state index >= 15 is 0 Å². The van der Waals surface area contributed by atoms with Gasteiger partial charge >= 0.3 is 0 Å².